The van der Waals surface area contributed by atoms with E-state index in [1.807, 2.05) is 29.6 Å². The van der Waals surface area contributed by atoms with Gasteiger partial charge in [-0.1, -0.05) is 35.9 Å². The van der Waals surface area contributed by atoms with Gasteiger partial charge in [0.25, 0.3) is 0 Å². The van der Waals surface area contributed by atoms with Crippen molar-refractivity contribution in [1.82, 2.24) is 0 Å². The molecule has 3 rings (SSSR count). The Kier molecular flexibility index (Phi) is 3.82. The van der Waals surface area contributed by atoms with Crippen LogP contribution >= 0.6 is 22.9 Å². The van der Waals surface area contributed by atoms with Crippen molar-refractivity contribution in [1.29, 1.82) is 0 Å². The summed E-state index contributed by atoms with van der Waals surface area (Å²) >= 11 is 7.49. The second kappa shape index (κ2) is 5.76. The molecular weight excluding hydrogens is 306 g/mol. The van der Waals surface area contributed by atoms with Crippen molar-refractivity contribution in [2.45, 2.75) is 6.04 Å². The Morgan fingerprint density at radius 2 is 2.00 bits per heavy atom. The van der Waals surface area contributed by atoms with Crippen molar-refractivity contribution in [3.63, 3.8) is 0 Å². The Morgan fingerprint density at radius 3 is 2.76 bits per heavy atom. The largest absolute Gasteiger partial charge is 0.479 e. The fourth-order valence-electron chi connectivity index (χ4n) is 2.24. The number of anilines is 1. The highest BCUT2D eigenvalue weighted by Gasteiger charge is 2.22. The number of thiophene rings is 1. The molecule has 21 heavy (non-hydrogen) atoms. The van der Waals surface area contributed by atoms with E-state index in [-0.39, 0.29) is 0 Å². The predicted molar refractivity (Wildman–Crippen MR) is 87.3 cm³/mol. The first-order valence-corrected chi connectivity index (χ1v) is 7.62. The maximum absolute atomic E-state index is 11.6. The number of halogens is 1. The molecule has 106 valence electrons. The monoisotopic (exact) mass is 317 g/mol. The molecule has 5 heteroatoms. The van der Waals surface area contributed by atoms with Gasteiger partial charge in [0.1, 0.15) is 0 Å². The molecule has 1 atom stereocenters. The molecule has 1 aromatic heterocycles. The Morgan fingerprint density at radius 1 is 1.19 bits per heavy atom. The zero-order chi connectivity index (χ0) is 14.8. The minimum Gasteiger partial charge on any atom is -0.479 e. The lowest BCUT2D eigenvalue weighted by Crippen LogP contribution is -2.20. The number of hydrogen-bond acceptors (Lipinski definition) is 3. The molecule has 0 amide bonds. The maximum Gasteiger partial charge on any atom is 0.330 e. The topological polar surface area (TPSA) is 49.3 Å². The van der Waals surface area contributed by atoms with Crippen LogP contribution in [0.15, 0.2) is 53.9 Å². The predicted octanol–water partition coefficient (Wildman–Crippen LogP) is 4.79. The van der Waals surface area contributed by atoms with Crippen LogP contribution in [0, 0.1) is 0 Å². The maximum atomic E-state index is 11.6. The summed E-state index contributed by atoms with van der Waals surface area (Å²) in [5.41, 5.74) is 1.45. The summed E-state index contributed by atoms with van der Waals surface area (Å²) in [7, 11) is 0. The van der Waals surface area contributed by atoms with Crippen LogP contribution in [-0.4, -0.2) is 11.1 Å². The van der Waals surface area contributed by atoms with Crippen molar-refractivity contribution >= 4 is 44.7 Å². The smallest absolute Gasteiger partial charge is 0.330 e. The third-order valence-corrected chi connectivity index (χ3v) is 4.42. The summed E-state index contributed by atoms with van der Waals surface area (Å²) in [6.07, 6.45) is 0. The zero-order valence-corrected chi connectivity index (χ0v) is 12.5. The molecule has 1 heterocycles. The highest BCUT2D eigenvalue weighted by Crippen LogP contribution is 2.32. The second-order valence-corrected chi connectivity index (χ2v) is 5.96. The Balaban J connectivity index is 2.00. The first kappa shape index (κ1) is 13.9. The molecule has 0 radical (unpaired) electrons. The second-order valence-electron chi connectivity index (χ2n) is 4.61. The van der Waals surface area contributed by atoms with E-state index in [2.05, 4.69) is 5.32 Å². The molecule has 2 aromatic carbocycles. The van der Waals surface area contributed by atoms with Gasteiger partial charge in [0.2, 0.25) is 0 Å². The third kappa shape index (κ3) is 2.86. The number of carboxylic acids is 1. The molecule has 2 N–H and O–H groups in total. The van der Waals surface area contributed by atoms with Crippen molar-refractivity contribution in [3.05, 3.63) is 64.5 Å². The third-order valence-electron chi connectivity index (χ3n) is 3.20. The molecule has 0 aliphatic heterocycles. The fourth-order valence-corrected chi connectivity index (χ4v) is 3.42. The fraction of sp³-hybridized carbons (Fsp3) is 0.0625. The van der Waals surface area contributed by atoms with Crippen molar-refractivity contribution < 1.29 is 9.90 Å². The van der Waals surface area contributed by atoms with Gasteiger partial charge in [0, 0.05) is 21.0 Å². The van der Waals surface area contributed by atoms with Crippen LogP contribution in [0.5, 0.6) is 0 Å². The van der Waals surface area contributed by atoms with Gasteiger partial charge >= 0.3 is 5.97 Å². The molecule has 0 fully saturated rings. The van der Waals surface area contributed by atoms with Crippen LogP contribution in [0.2, 0.25) is 5.02 Å². The van der Waals surface area contributed by atoms with Crippen molar-refractivity contribution in [3.8, 4) is 0 Å². The van der Waals surface area contributed by atoms with Crippen LogP contribution in [0.1, 0.15) is 11.6 Å². The highest BCUT2D eigenvalue weighted by atomic mass is 35.5. The van der Waals surface area contributed by atoms with Crippen LogP contribution in [0.3, 0.4) is 0 Å². The number of carboxylic acid groups (broad SMARTS) is 1. The number of benzene rings is 2. The first-order valence-electron chi connectivity index (χ1n) is 6.36. The Labute approximate surface area is 130 Å². The van der Waals surface area contributed by atoms with Gasteiger partial charge in [-0.05, 0) is 35.0 Å². The lowest BCUT2D eigenvalue weighted by atomic mass is 10.1. The molecule has 1 unspecified atom stereocenters. The molecule has 0 saturated carbocycles. The van der Waals surface area contributed by atoms with E-state index in [0.29, 0.717) is 10.7 Å². The Bertz CT molecular complexity index is 800. The summed E-state index contributed by atoms with van der Waals surface area (Å²) in [5, 5.41) is 16.0. The average molecular weight is 318 g/mol. The number of rotatable bonds is 4. The summed E-state index contributed by atoms with van der Waals surface area (Å²) in [4.78, 5) is 11.6. The number of fused-ring (bicyclic) bond motifs is 1. The summed E-state index contributed by atoms with van der Waals surface area (Å²) in [5.74, 6) is -0.918. The minimum atomic E-state index is -0.918. The zero-order valence-electron chi connectivity index (χ0n) is 10.9. The van der Waals surface area contributed by atoms with Gasteiger partial charge < -0.3 is 10.4 Å². The van der Waals surface area contributed by atoms with Crippen molar-refractivity contribution in [2.75, 3.05) is 5.32 Å². The standard InChI is InChI=1S/C16H12ClNO2S/c17-10-4-3-5-11(8-10)18-15(16(19)20)13-9-21-14-7-2-1-6-12(13)14/h1-9,15,18H,(H,19,20). The first-order chi connectivity index (χ1) is 10.1. The summed E-state index contributed by atoms with van der Waals surface area (Å²) in [6, 6.07) is 14.0. The molecule has 0 saturated heterocycles. The SMILES string of the molecule is O=C(O)C(Nc1cccc(Cl)c1)c1csc2ccccc12. The molecule has 3 aromatic rings. The average Bonchev–Trinajstić information content (AvgIpc) is 2.88. The number of nitrogens with one attached hydrogen (secondary N) is 1. The van der Waals surface area contributed by atoms with E-state index >= 15 is 0 Å². The van der Waals surface area contributed by atoms with Gasteiger partial charge in [-0.25, -0.2) is 4.79 Å². The number of aliphatic carboxylic acids is 1. The summed E-state index contributed by atoms with van der Waals surface area (Å²) in [6.45, 7) is 0. The minimum absolute atomic E-state index is 0.569. The molecular formula is C16H12ClNO2S. The van der Waals surface area contributed by atoms with E-state index in [9.17, 15) is 9.90 Å². The van der Waals surface area contributed by atoms with Crippen LogP contribution in [-0.2, 0) is 4.79 Å². The lowest BCUT2D eigenvalue weighted by molar-refractivity contribution is -0.138. The lowest BCUT2D eigenvalue weighted by Gasteiger charge is -2.15. The van der Waals surface area contributed by atoms with Crippen LogP contribution < -0.4 is 5.32 Å². The number of carbonyl (C=O) groups is 1. The molecule has 0 aliphatic carbocycles. The van der Waals surface area contributed by atoms with Gasteiger partial charge in [0.05, 0.1) is 0 Å². The van der Waals surface area contributed by atoms with Gasteiger partial charge in [-0.2, -0.15) is 0 Å². The van der Waals surface area contributed by atoms with Crippen LogP contribution in [0.4, 0.5) is 5.69 Å². The molecule has 0 bridgehead atoms. The van der Waals surface area contributed by atoms with E-state index in [1.54, 1.807) is 35.6 Å². The van der Waals surface area contributed by atoms with E-state index in [4.69, 9.17) is 11.6 Å². The van der Waals surface area contributed by atoms with E-state index < -0.39 is 12.0 Å². The van der Waals surface area contributed by atoms with E-state index in [0.717, 1.165) is 15.6 Å². The normalized spacial score (nSPS) is 12.2. The van der Waals surface area contributed by atoms with Gasteiger partial charge in [-0.3, -0.25) is 0 Å². The Hall–Kier alpha value is -2.04. The quantitative estimate of drug-likeness (QED) is 0.727. The van der Waals surface area contributed by atoms with E-state index in [1.165, 1.54) is 0 Å². The van der Waals surface area contributed by atoms with Gasteiger partial charge in [-0.15, -0.1) is 11.3 Å². The number of hydrogen-bond donors (Lipinski definition) is 2. The van der Waals surface area contributed by atoms with Crippen LogP contribution in [0.25, 0.3) is 10.1 Å². The molecule has 0 aliphatic rings. The molecule has 3 nitrogen and oxygen atoms in total. The molecule has 0 spiro atoms. The van der Waals surface area contributed by atoms with Gasteiger partial charge in [0.15, 0.2) is 6.04 Å². The highest BCUT2D eigenvalue weighted by molar-refractivity contribution is 7.17. The van der Waals surface area contributed by atoms with Crippen molar-refractivity contribution in [2.24, 2.45) is 0 Å². The summed E-state index contributed by atoms with van der Waals surface area (Å²) < 4.78 is 1.08.